The molecule has 4 heterocycles. The molecule has 0 aliphatic carbocycles. The van der Waals surface area contributed by atoms with Crippen LogP contribution in [0.15, 0.2) is 55.0 Å². The average Bonchev–Trinajstić information content (AvgIpc) is 3.32. The van der Waals surface area contributed by atoms with E-state index in [1.54, 1.807) is 29.4 Å². The predicted molar refractivity (Wildman–Crippen MR) is 123 cm³/mol. The molecule has 5 rings (SSSR count). The second kappa shape index (κ2) is 9.56. The number of hydrogen-bond donors (Lipinski definition) is 2. The van der Waals surface area contributed by atoms with Crippen molar-refractivity contribution in [3.63, 3.8) is 0 Å². The van der Waals surface area contributed by atoms with Crippen molar-refractivity contribution in [2.45, 2.75) is 25.4 Å². The van der Waals surface area contributed by atoms with Crippen molar-refractivity contribution in [1.29, 1.82) is 0 Å². The lowest BCUT2D eigenvalue weighted by Crippen LogP contribution is -2.39. The molecule has 174 valence electrons. The minimum absolute atomic E-state index is 0.188. The first-order valence-electron chi connectivity index (χ1n) is 11.2. The Balaban J connectivity index is 1.36. The highest BCUT2D eigenvalue weighted by Gasteiger charge is 2.25. The van der Waals surface area contributed by atoms with Gasteiger partial charge in [-0.1, -0.05) is 12.1 Å². The zero-order valence-electron chi connectivity index (χ0n) is 18.4. The van der Waals surface area contributed by atoms with Gasteiger partial charge in [-0.3, -0.25) is 9.78 Å². The molecule has 0 saturated carbocycles. The van der Waals surface area contributed by atoms with Crippen LogP contribution in [0, 0.1) is 5.82 Å². The second-order valence-corrected chi connectivity index (χ2v) is 8.32. The number of fused-ring (bicyclic) bond motifs is 1. The molecule has 0 atom stereocenters. The minimum Gasteiger partial charge on any atom is -0.472 e. The van der Waals surface area contributed by atoms with Gasteiger partial charge >= 0.3 is 0 Å². The number of carbonyl (C=O) groups excluding carboxylic acids is 1. The van der Waals surface area contributed by atoms with Gasteiger partial charge in [0.2, 0.25) is 11.8 Å². The number of carbonyl (C=O) groups is 1. The number of halogens is 1. The van der Waals surface area contributed by atoms with E-state index in [-0.39, 0.29) is 24.2 Å². The summed E-state index contributed by atoms with van der Waals surface area (Å²) in [4.78, 5) is 30.2. The number of nitrogens with one attached hydrogen (secondary N) is 1. The number of aliphatic hydroxyl groups excluding tert-OH is 1. The van der Waals surface area contributed by atoms with Crippen molar-refractivity contribution in [3.05, 3.63) is 72.1 Å². The normalized spacial score (nSPS) is 14.5. The number of hydrogen-bond acceptors (Lipinski definition) is 6. The number of piperidine rings is 1. The third-order valence-corrected chi connectivity index (χ3v) is 6.14. The molecule has 1 fully saturated rings. The molecule has 0 spiro atoms. The van der Waals surface area contributed by atoms with E-state index >= 15 is 0 Å². The van der Waals surface area contributed by atoms with Crippen LogP contribution in [0.25, 0.3) is 22.3 Å². The minimum atomic E-state index is -0.448. The van der Waals surface area contributed by atoms with Crippen molar-refractivity contribution in [3.8, 4) is 17.1 Å². The summed E-state index contributed by atoms with van der Waals surface area (Å²) in [5.41, 5.74) is 4.06. The fourth-order valence-electron chi connectivity index (χ4n) is 4.36. The maximum absolute atomic E-state index is 13.4. The van der Waals surface area contributed by atoms with Gasteiger partial charge in [-0.05, 0) is 42.7 Å². The smallest absolute Gasteiger partial charge is 0.248 e. The molecule has 0 unspecified atom stereocenters. The van der Waals surface area contributed by atoms with Gasteiger partial charge in [-0.25, -0.2) is 14.4 Å². The molecule has 1 amide bonds. The van der Waals surface area contributed by atoms with Crippen molar-refractivity contribution < 1.29 is 19.0 Å². The summed E-state index contributed by atoms with van der Waals surface area (Å²) in [5.74, 6) is 0.0892. The standard InChI is InChI=1S/C25H24FN5O3/c26-18-3-1-2-16(10-18)15-34-23-13-27-12-22(29-23)19-4-7-28-25-20(19)11-21(30-25)17-5-8-31(9-6-17)24(33)14-32/h1-4,7,10-13,17,32H,5-6,8-9,14-15H2,(H,28,30). The Morgan fingerprint density at radius 2 is 2.06 bits per heavy atom. The first-order chi connectivity index (χ1) is 16.6. The number of nitrogens with zero attached hydrogens (tertiary/aromatic N) is 4. The number of ether oxygens (including phenoxy) is 1. The number of aromatic nitrogens is 4. The molecule has 1 aliphatic heterocycles. The SMILES string of the molecule is O=C(CO)N1CCC(c2cc3c(-c4cncc(OCc5cccc(F)c5)n4)ccnc3[nH]2)CC1. The van der Waals surface area contributed by atoms with E-state index in [0.717, 1.165) is 35.1 Å². The highest BCUT2D eigenvalue weighted by molar-refractivity contribution is 5.92. The summed E-state index contributed by atoms with van der Waals surface area (Å²) in [6.07, 6.45) is 6.57. The molecule has 3 aromatic heterocycles. The lowest BCUT2D eigenvalue weighted by atomic mass is 9.93. The number of likely N-dealkylation sites (tertiary alicyclic amines) is 1. The maximum Gasteiger partial charge on any atom is 0.248 e. The molecule has 9 heteroatoms. The summed E-state index contributed by atoms with van der Waals surface area (Å²) in [7, 11) is 0. The van der Waals surface area contributed by atoms with Crippen LogP contribution in [-0.2, 0) is 11.4 Å². The number of pyridine rings is 1. The van der Waals surface area contributed by atoms with E-state index in [1.807, 2.05) is 6.07 Å². The summed E-state index contributed by atoms with van der Waals surface area (Å²) in [6.45, 7) is 0.982. The summed E-state index contributed by atoms with van der Waals surface area (Å²) in [6, 6.07) is 10.2. The number of benzene rings is 1. The highest BCUT2D eigenvalue weighted by Crippen LogP contribution is 2.33. The molecule has 1 aliphatic rings. The number of amides is 1. The average molecular weight is 461 g/mol. The number of H-pyrrole nitrogens is 1. The van der Waals surface area contributed by atoms with E-state index in [1.165, 1.54) is 18.3 Å². The van der Waals surface area contributed by atoms with Gasteiger partial charge in [0.05, 0.1) is 18.1 Å². The van der Waals surface area contributed by atoms with E-state index in [2.05, 4.69) is 26.0 Å². The summed E-state index contributed by atoms with van der Waals surface area (Å²) >= 11 is 0. The summed E-state index contributed by atoms with van der Waals surface area (Å²) < 4.78 is 19.2. The van der Waals surface area contributed by atoms with Gasteiger partial charge in [-0.15, -0.1) is 0 Å². The Hall–Kier alpha value is -3.85. The van der Waals surface area contributed by atoms with Crippen LogP contribution < -0.4 is 4.74 Å². The molecule has 1 saturated heterocycles. The first kappa shape index (κ1) is 22.0. The zero-order chi connectivity index (χ0) is 23.5. The molecule has 34 heavy (non-hydrogen) atoms. The first-order valence-corrected chi connectivity index (χ1v) is 11.2. The second-order valence-electron chi connectivity index (χ2n) is 8.32. The highest BCUT2D eigenvalue weighted by atomic mass is 19.1. The Morgan fingerprint density at radius 1 is 1.21 bits per heavy atom. The van der Waals surface area contributed by atoms with Gasteiger partial charge in [0.1, 0.15) is 24.7 Å². The fraction of sp³-hybridized carbons (Fsp3) is 0.280. The molecule has 8 nitrogen and oxygen atoms in total. The van der Waals surface area contributed by atoms with Gasteiger partial charge < -0.3 is 19.7 Å². The Morgan fingerprint density at radius 3 is 2.85 bits per heavy atom. The zero-order valence-corrected chi connectivity index (χ0v) is 18.4. The van der Waals surface area contributed by atoms with E-state index in [9.17, 15) is 9.18 Å². The molecule has 0 radical (unpaired) electrons. The monoisotopic (exact) mass is 461 g/mol. The molecule has 0 bridgehead atoms. The van der Waals surface area contributed by atoms with Gasteiger partial charge in [0, 0.05) is 41.8 Å². The van der Waals surface area contributed by atoms with Crippen LogP contribution in [0.4, 0.5) is 4.39 Å². The van der Waals surface area contributed by atoms with Crippen molar-refractivity contribution in [1.82, 2.24) is 24.8 Å². The lowest BCUT2D eigenvalue weighted by molar-refractivity contribution is -0.135. The third-order valence-electron chi connectivity index (χ3n) is 6.14. The van der Waals surface area contributed by atoms with Crippen LogP contribution in [0.3, 0.4) is 0 Å². The molecule has 4 aromatic rings. The van der Waals surface area contributed by atoms with E-state index in [0.29, 0.717) is 30.2 Å². The van der Waals surface area contributed by atoms with Crippen LogP contribution >= 0.6 is 0 Å². The largest absolute Gasteiger partial charge is 0.472 e. The van der Waals surface area contributed by atoms with Crippen molar-refractivity contribution in [2.24, 2.45) is 0 Å². The molecular formula is C25H24FN5O3. The number of aromatic amines is 1. The van der Waals surface area contributed by atoms with Crippen molar-refractivity contribution in [2.75, 3.05) is 19.7 Å². The Kier molecular flexibility index (Phi) is 6.18. The molecular weight excluding hydrogens is 437 g/mol. The topological polar surface area (TPSA) is 104 Å². The Bertz CT molecular complexity index is 1320. The van der Waals surface area contributed by atoms with Gasteiger partial charge in [-0.2, -0.15) is 0 Å². The number of aliphatic hydroxyl groups is 1. The van der Waals surface area contributed by atoms with Crippen LogP contribution in [0.5, 0.6) is 5.88 Å². The van der Waals surface area contributed by atoms with Crippen LogP contribution in [-0.4, -0.2) is 55.5 Å². The van der Waals surface area contributed by atoms with Gasteiger partial charge in [0.25, 0.3) is 0 Å². The van der Waals surface area contributed by atoms with E-state index in [4.69, 9.17) is 9.84 Å². The van der Waals surface area contributed by atoms with E-state index < -0.39 is 6.61 Å². The van der Waals surface area contributed by atoms with Gasteiger partial charge in [0.15, 0.2) is 0 Å². The number of rotatable bonds is 6. The third kappa shape index (κ3) is 4.60. The van der Waals surface area contributed by atoms with Crippen LogP contribution in [0.2, 0.25) is 0 Å². The molecule has 1 aromatic carbocycles. The van der Waals surface area contributed by atoms with Crippen LogP contribution in [0.1, 0.15) is 30.0 Å². The Labute approximate surface area is 195 Å². The lowest BCUT2D eigenvalue weighted by Gasteiger charge is -2.31. The fourth-order valence-corrected chi connectivity index (χ4v) is 4.36. The van der Waals surface area contributed by atoms with Crippen molar-refractivity contribution >= 4 is 16.9 Å². The quantitative estimate of drug-likeness (QED) is 0.456. The predicted octanol–water partition coefficient (Wildman–Crippen LogP) is 3.44. The summed E-state index contributed by atoms with van der Waals surface area (Å²) in [5, 5.41) is 10.0. The maximum atomic E-state index is 13.4. The molecule has 2 N–H and O–H groups in total.